The van der Waals surface area contributed by atoms with Crippen LogP contribution in [0.4, 0.5) is 10.5 Å². The number of urea groups is 1. The minimum Gasteiger partial charge on any atom is -0.307 e. The minimum atomic E-state index is -3.69. The summed E-state index contributed by atoms with van der Waals surface area (Å²) in [4.78, 5) is 14.4. The van der Waals surface area contributed by atoms with Gasteiger partial charge in [0.05, 0.1) is 5.75 Å². The third-order valence-electron chi connectivity index (χ3n) is 5.67. The van der Waals surface area contributed by atoms with Crippen molar-refractivity contribution in [2.24, 2.45) is 0 Å². The number of benzene rings is 1. The van der Waals surface area contributed by atoms with Crippen molar-refractivity contribution in [3.8, 4) is 0 Å². The van der Waals surface area contributed by atoms with E-state index in [2.05, 4.69) is 16.1 Å². The van der Waals surface area contributed by atoms with Gasteiger partial charge >= 0.3 is 6.03 Å². The van der Waals surface area contributed by atoms with E-state index in [0.29, 0.717) is 0 Å². The van der Waals surface area contributed by atoms with Gasteiger partial charge in [0.15, 0.2) is 0 Å². The number of fused-ring (bicyclic) bond motifs is 2. The molecule has 1 aromatic carbocycles. The molecule has 0 fully saturated rings. The number of nitrogens with zero attached hydrogens (tertiary/aromatic N) is 1. The van der Waals surface area contributed by atoms with Crippen LogP contribution < -0.4 is 10.0 Å². The molecule has 2 aliphatic carbocycles. The van der Waals surface area contributed by atoms with Crippen LogP contribution in [-0.2, 0) is 35.7 Å². The number of anilines is 1. The summed E-state index contributed by atoms with van der Waals surface area (Å²) in [5.41, 5.74) is 5.86. The maximum Gasteiger partial charge on any atom is 0.332 e. The van der Waals surface area contributed by atoms with E-state index in [9.17, 15) is 13.2 Å². The highest BCUT2D eigenvalue weighted by molar-refractivity contribution is 7.90. The van der Waals surface area contributed by atoms with Crippen molar-refractivity contribution in [3.63, 3.8) is 0 Å². The van der Waals surface area contributed by atoms with Crippen molar-refractivity contribution in [2.45, 2.75) is 58.4 Å². The molecule has 1 atom stereocenters. The van der Waals surface area contributed by atoms with Crippen LogP contribution >= 0.6 is 0 Å². The zero-order valence-corrected chi connectivity index (χ0v) is 16.7. The Bertz CT molecular complexity index is 772. The third kappa shape index (κ3) is 4.04. The summed E-state index contributed by atoms with van der Waals surface area (Å²) in [6.45, 7) is 4.57. The smallest absolute Gasteiger partial charge is 0.307 e. The molecule has 7 heteroatoms. The summed E-state index contributed by atoms with van der Waals surface area (Å²) in [6.07, 6.45) is 6.16. The van der Waals surface area contributed by atoms with Crippen LogP contribution in [0.15, 0.2) is 6.07 Å². The molecule has 0 radical (unpaired) electrons. The van der Waals surface area contributed by atoms with Gasteiger partial charge in [-0.1, -0.05) is 13.0 Å². The van der Waals surface area contributed by atoms with E-state index in [0.717, 1.165) is 50.8 Å². The first-order valence-corrected chi connectivity index (χ1v) is 11.1. The van der Waals surface area contributed by atoms with Crippen LogP contribution in [0, 0.1) is 0 Å². The molecule has 26 heavy (non-hydrogen) atoms. The van der Waals surface area contributed by atoms with Gasteiger partial charge < -0.3 is 10.2 Å². The predicted octanol–water partition coefficient (Wildman–Crippen LogP) is 2.46. The number of hydrogen-bond donors (Lipinski definition) is 2. The van der Waals surface area contributed by atoms with E-state index in [1.807, 2.05) is 25.8 Å². The van der Waals surface area contributed by atoms with Crippen LogP contribution in [0.25, 0.3) is 0 Å². The second-order valence-corrected chi connectivity index (χ2v) is 9.26. The highest BCUT2D eigenvalue weighted by Gasteiger charge is 2.26. The van der Waals surface area contributed by atoms with E-state index in [-0.39, 0.29) is 11.8 Å². The molecule has 1 aromatic rings. The quantitative estimate of drug-likeness (QED) is 0.796. The summed E-state index contributed by atoms with van der Waals surface area (Å²) in [6, 6.07) is 1.48. The molecule has 0 bridgehead atoms. The largest absolute Gasteiger partial charge is 0.332 e. The van der Waals surface area contributed by atoms with Crippen molar-refractivity contribution in [2.75, 3.05) is 24.7 Å². The normalized spacial score (nSPS) is 17.1. The van der Waals surface area contributed by atoms with E-state index in [4.69, 9.17) is 0 Å². The Hall–Kier alpha value is -1.60. The molecule has 0 spiro atoms. The molecule has 0 saturated heterocycles. The number of aryl methyl sites for hydroxylation is 2. The first-order chi connectivity index (χ1) is 12.3. The lowest BCUT2D eigenvalue weighted by Crippen LogP contribution is -2.42. The van der Waals surface area contributed by atoms with Crippen molar-refractivity contribution in [1.29, 1.82) is 0 Å². The van der Waals surface area contributed by atoms with Gasteiger partial charge in [-0.3, -0.25) is 0 Å². The van der Waals surface area contributed by atoms with Crippen LogP contribution in [0.5, 0.6) is 0 Å². The number of nitrogens with one attached hydrogen (secondary N) is 2. The first kappa shape index (κ1) is 19.2. The fourth-order valence-electron chi connectivity index (χ4n) is 4.05. The highest BCUT2D eigenvalue weighted by Crippen LogP contribution is 2.38. The first-order valence-electron chi connectivity index (χ1n) is 9.49. The van der Waals surface area contributed by atoms with E-state index in [1.165, 1.54) is 22.3 Å². The fraction of sp³-hybridized carbons (Fsp3) is 0.632. The molecule has 0 aromatic heterocycles. The van der Waals surface area contributed by atoms with Crippen molar-refractivity contribution in [1.82, 2.24) is 9.62 Å². The van der Waals surface area contributed by atoms with Crippen molar-refractivity contribution < 1.29 is 13.2 Å². The molecule has 0 heterocycles. The molecule has 0 saturated carbocycles. The van der Waals surface area contributed by atoms with E-state index in [1.54, 1.807) is 0 Å². The second kappa shape index (κ2) is 7.56. The lowest BCUT2D eigenvalue weighted by atomic mass is 9.99. The van der Waals surface area contributed by atoms with Gasteiger partial charge in [-0.2, -0.15) is 0 Å². The van der Waals surface area contributed by atoms with Gasteiger partial charge in [-0.25, -0.2) is 17.9 Å². The second-order valence-electron chi connectivity index (χ2n) is 7.49. The molecule has 2 aliphatic rings. The van der Waals surface area contributed by atoms with Gasteiger partial charge in [-0.15, -0.1) is 0 Å². The van der Waals surface area contributed by atoms with Crippen LogP contribution in [-0.4, -0.2) is 44.7 Å². The summed E-state index contributed by atoms with van der Waals surface area (Å²) >= 11 is 0. The van der Waals surface area contributed by atoms with Crippen molar-refractivity contribution in [3.05, 3.63) is 28.3 Å². The van der Waals surface area contributed by atoms with Gasteiger partial charge in [-0.05, 0) is 81.3 Å². The Morgan fingerprint density at radius 1 is 1.15 bits per heavy atom. The standard InChI is InChI=1S/C19H29N3O3S/c1-4-22(3)13(2)12-26(24,25)21-19(23)20-18-16-9-5-7-14(16)11-15-8-6-10-17(15)18/h11,13H,4-10,12H2,1-3H3,(H2,20,21,23). The Morgan fingerprint density at radius 2 is 1.73 bits per heavy atom. The lowest BCUT2D eigenvalue weighted by Gasteiger charge is -2.23. The average molecular weight is 380 g/mol. The minimum absolute atomic E-state index is 0.101. The molecule has 0 aliphatic heterocycles. The molecule has 144 valence electrons. The maximum atomic E-state index is 12.4. The molecular formula is C19H29N3O3S. The van der Waals surface area contributed by atoms with Crippen LogP contribution in [0.2, 0.25) is 0 Å². The number of carbonyl (C=O) groups excluding carboxylic acids is 1. The summed E-state index contributed by atoms with van der Waals surface area (Å²) < 4.78 is 26.9. The van der Waals surface area contributed by atoms with Gasteiger partial charge in [0.25, 0.3) is 0 Å². The Balaban J connectivity index is 1.73. The SMILES string of the molecule is CCN(C)C(C)CS(=O)(=O)NC(=O)Nc1c2c(cc3c1CCC3)CCC2. The monoisotopic (exact) mass is 379 g/mol. The molecule has 3 rings (SSSR count). The molecule has 2 N–H and O–H groups in total. The van der Waals surface area contributed by atoms with Crippen LogP contribution in [0.1, 0.15) is 48.9 Å². The summed E-state index contributed by atoms with van der Waals surface area (Å²) in [7, 11) is -1.82. The Labute approximate surface area is 156 Å². The number of hydrogen-bond acceptors (Lipinski definition) is 4. The fourth-order valence-corrected chi connectivity index (χ4v) is 5.35. The number of sulfonamides is 1. The molecule has 6 nitrogen and oxygen atoms in total. The lowest BCUT2D eigenvalue weighted by molar-refractivity contribution is 0.256. The third-order valence-corrected chi connectivity index (χ3v) is 7.09. The number of rotatable bonds is 6. The number of amides is 2. The topological polar surface area (TPSA) is 78.5 Å². The van der Waals surface area contributed by atoms with Crippen LogP contribution in [0.3, 0.4) is 0 Å². The van der Waals surface area contributed by atoms with Crippen molar-refractivity contribution >= 4 is 21.7 Å². The van der Waals surface area contributed by atoms with Gasteiger partial charge in [0.2, 0.25) is 10.0 Å². The zero-order chi connectivity index (χ0) is 18.9. The zero-order valence-electron chi connectivity index (χ0n) is 15.9. The van der Waals surface area contributed by atoms with Gasteiger partial charge in [0.1, 0.15) is 0 Å². The summed E-state index contributed by atoms with van der Waals surface area (Å²) in [5.74, 6) is -0.101. The highest BCUT2D eigenvalue weighted by atomic mass is 32.2. The Kier molecular flexibility index (Phi) is 5.58. The number of carbonyl (C=O) groups is 1. The molecular weight excluding hydrogens is 350 g/mol. The summed E-state index contributed by atoms with van der Waals surface area (Å²) in [5, 5.41) is 2.87. The Morgan fingerprint density at radius 3 is 2.27 bits per heavy atom. The van der Waals surface area contributed by atoms with E-state index >= 15 is 0 Å². The molecule has 2 amide bonds. The predicted molar refractivity (Wildman–Crippen MR) is 104 cm³/mol. The maximum absolute atomic E-state index is 12.4. The molecule has 1 unspecified atom stereocenters. The average Bonchev–Trinajstić information content (AvgIpc) is 3.21. The van der Waals surface area contributed by atoms with Gasteiger partial charge in [0, 0.05) is 11.7 Å². The van der Waals surface area contributed by atoms with E-state index < -0.39 is 16.1 Å².